The summed E-state index contributed by atoms with van der Waals surface area (Å²) >= 11 is 0. The Morgan fingerprint density at radius 3 is 2.77 bits per heavy atom. The van der Waals surface area contributed by atoms with Crippen LogP contribution in [0, 0.1) is 11.1 Å². The van der Waals surface area contributed by atoms with Crippen molar-refractivity contribution in [2.24, 2.45) is 5.92 Å². The van der Waals surface area contributed by atoms with Crippen molar-refractivity contribution in [1.82, 2.24) is 0 Å². The monoisotopic (exact) mass is 475 g/mol. The molecule has 5 aliphatic rings. The van der Waals surface area contributed by atoms with Gasteiger partial charge in [-0.3, -0.25) is 4.79 Å². The predicted molar refractivity (Wildman–Crippen MR) is 130 cm³/mol. The maximum Gasteiger partial charge on any atom is 0.174 e. The highest BCUT2D eigenvalue weighted by atomic mass is 16.6. The number of aromatic hydroxyl groups is 1. The van der Waals surface area contributed by atoms with Gasteiger partial charge in [-0.15, -0.1) is 0 Å². The minimum Gasteiger partial charge on any atom is -0.632 e. The van der Waals surface area contributed by atoms with Crippen LogP contribution in [0.3, 0.4) is 0 Å². The van der Waals surface area contributed by atoms with Gasteiger partial charge in [0.25, 0.3) is 0 Å². The zero-order chi connectivity index (χ0) is 23.8. The summed E-state index contributed by atoms with van der Waals surface area (Å²) in [5, 5.41) is 25.3. The number of phenolic OH excluding ortho intramolecular Hbond substituents is 1. The topological polar surface area (TPSA) is 78.8 Å². The van der Waals surface area contributed by atoms with E-state index in [4.69, 9.17) is 9.47 Å². The smallest absolute Gasteiger partial charge is 0.174 e. The minimum absolute atomic E-state index is 0.0730. The lowest BCUT2D eigenvalue weighted by Crippen LogP contribution is -2.81. The van der Waals surface area contributed by atoms with Gasteiger partial charge in [-0.1, -0.05) is 36.4 Å². The number of hydrogen-bond donors (Lipinski definition) is 1. The number of carbonyl (C=O) groups excluding carboxylic acids is 1. The third-order valence-corrected chi connectivity index (χ3v) is 9.62. The Bertz CT molecular complexity index is 1180. The zero-order valence-corrected chi connectivity index (χ0v) is 20.1. The van der Waals surface area contributed by atoms with Crippen LogP contribution in [0.15, 0.2) is 42.5 Å². The van der Waals surface area contributed by atoms with Crippen LogP contribution in [0.2, 0.25) is 0 Å². The van der Waals surface area contributed by atoms with Gasteiger partial charge < -0.3 is 24.4 Å². The van der Waals surface area contributed by atoms with Crippen LogP contribution < -0.4 is 4.74 Å². The van der Waals surface area contributed by atoms with Gasteiger partial charge in [0.1, 0.15) is 11.6 Å². The molecule has 0 radical (unpaired) electrons. The fourth-order valence-electron chi connectivity index (χ4n) is 7.98. The van der Waals surface area contributed by atoms with Crippen LogP contribution in [-0.4, -0.2) is 53.0 Å². The van der Waals surface area contributed by atoms with Crippen molar-refractivity contribution in [2.45, 2.75) is 74.5 Å². The summed E-state index contributed by atoms with van der Waals surface area (Å²) in [6.45, 7) is 1.68. The van der Waals surface area contributed by atoms with Crippen LogP contribution in [0.1, 0.15) is 55.2 Å². The first-order valence-corrected chi connectivity index (χ1v) is 13.3. The van der Waals surface area contributed by atoms with E-state index in [2.05, 4.69) is 24.3 Å². The molecule has 1 saturated heterocycles. The normalized spacial score (nSPS) is 36.5. The van der Waals surface area contributed by atoms with Gasteiger partial charge in [0.05, 0.1) is 18.5 Å². The second-order valence-corrected chi connectivity index (χ2v) is 11.5. The third-order valence-electron chi connectivity index (χ3n) is 9.62. The highest BCUT2D eigenvalue weighted by Gasteiger charge is 2.77. The predicted octanol–water partition coefficient (Wildman–Crippen LogP) is 4.20. The second kappa shape index (κ2) is 7.55. The molecule has 6 nitrogen and oxygen atoms in total. The van der Waals surface area contributed by atoms with Crippen molar-refractivity contribution >= 4 is 5.78 Å². The molecule has 6 heteroatoms. The van der Waals surface area contributed by atoms with Crippen molar-refractivity contribution in [2.75, 3.05) is 19.7 Å². The molecule has 2 aromatic carbocycles. The molecule has 5 atom stereocenters. The molecule has 2 aliphatic heterocycles. The average Bonchev–Trinajstić information content (AvgIpc) is 3.59. The van der Waals surface area contributed by atoms with Gasteiger partial charge in [-0.2, -0.15) is 0 Å². The highest BCUT2D eigenvalue weighted by molar-refractivity contribution is 5.90. The molecular weight excluding hydrogens is 442 g/mol. The van der Waals surface area contributed by atoms with Gasteiger partial charge in [-0.25, -0.2) is 0 Å². The number of quaternary nitrogens is 1. The molecule has 1 N–H and O–H groups in total. The Kier molecular flexibility index (Phi) is 4.71. The maximum absolute atomic E-state index is 14.6. The van der Waals surface area contributed by atoms with E-state index in [0.717, 1.165) is 36.8 Å². The molecule has 184 valence electrons. The van der Waals surface area contributed by atoms with Crippen LogP contribution in [0.5, 0.6) is 11.5 Å². The van der Waals surface area contributed by atoms with Gasteiger partial charge in [0.2, 0.25) is 0 Å². The molecule has 1 unspecified atom stereocenters. The third kappa shape index (κ3) is 2.96. The number of hydrogen-bond acceptors (Lipinski definition) is 5. The Balaban J connectivity index is 1.31. The Morgan fingerprint density at radius 1 is 1.14 bits per heavy atom. The molecule has 35 heavy (non-hydrogen) atoms. The zero-order valence-electron chi connectivity index (χ0n) is 20.1. The number of ether oxygens (including phenoxy) is 2. The molecule has 3 fully saturated rings. The lowest BCUT2D eigenvalue weighted by Gasteiger charge is -2.68. The number of piperidine rings is 1. The number of ketones is 1. The fourth-order valence-corrected chi connectivity index (χ4v) is 7.98. The second-order valence-electron chi connectivity index (χ2n) is 11.5. The summed E-state index contributed by atoms with van der Waals surface area (Å²) in [6, 6.07) is 13.8. The Hall–Kier alpha value is -2.41. The number of carbonyl (C=O) groups is 1. The Labute approximate surface area is 206 Å². The van der Waals surface area contributed by atoms with E-state index in [1.807, 2.05) is 12.1 Å². The van der Waals surface area contributed by atoms with Crippen molar-refractivity contribution in [3.63, 3.8) is 0 Å². The number of nitrogens with zero attached hydrogens (tertiary/aromatic N) is 1. The van der Waals surface area contributed by atoms with Crippen molar-refractivity contribution in [1.29, 1.82) is 0 Å². The fraction of sp³-hybridized carbons (Fsp3) is 0.552. The molecule has 0 aromatic heterocycles. The van der Waals surface area contributed by atoms with E-state index in [0.29, 0.717) is 57.0 Å². The standard InChI is InChI=1S/C29H33NO5/c31-22-11-10-21-17-24-29(34-16-4-7-19-5-2-1-3-6-19)13-12-23(32)27-28(29,25(21)26(22)35-27)14-15-30(24,33)18-20-8-9-20/h1-3,5-6,10-11,20,24,27,31H,4,7-9,12-18H2/t24-,27+,28+,29-,30?/m1/s1. The number of rotatable bonds is 7. The largest absolute Gasteiger partial charge is 0.632 e. The molecular formula is C29H33NO5. The van der Waals surface area contributed by atoms with E-state index in [1.165, 1.54) is 5.56 Å². The summed E-state index contributed by atoms with van der Waals surface area (Å²) in [7, 11) is 0. The summed E-state index contributed by atoms with van der Waals surface area (Å²) < 4.78 is 13.0. The molecule has 2 aromatic rings. The number of phenols is 1. The van der Waals surface area contributed by atoms with Gasteiger partial charge in [0.15, 0.2) is 23.4 Å². The van der Waals surface area contributed by atoms with E-state index in [-0.39, 0.29) is 22.2 Å². The molecule has 2 bridgehead atoms. The molecule has 0 amide bonds. The van der Waals surface area contributed by atoms with Crippen molar-refractivity contribution < 1.29 is 24.0 Å². The lowest BCUT2D eigenvalue weighted by atomic mass is 9.48. The van der Waals surface area contributed by atoms with E-state index >= 15 is 0 Å². The van der Waals surface area contributed by atoms with E-state index in [1.54, 1.807) is 6.07 Å². The van der Waals surface area contributed by atoms with Crippen LogP contribution in [-0.2, 0) is 27.8 Å². The van der Waals surface area contributed by atoms with Crippen LogP contribution in [0.4, 0.5) is 0 Å². The van der Waals surface area contributed by atoms with Crippen molar-refractivity contribution in [3.8, 4) is 11.5 Å². The maximum atomic E-state index is 14.6. The first kappa shape index (κ1) is 21.8. The molecule has 1 spiro atoms. The van der Waals surface area contributed by atoms with E-state index < -0.39 is 17.1 Å². The van der Waals surface area contributed by atoms with Crippen LogP contribution in [0.25, 0.3) is 0 Å². The van der Waals surface area contributed by atoms with Gasteiger partial charge in [-0.05, 0) is 49.3 Å². The van der Waals surface area contributed by atoms with Gasteiger partial charge >= 0.3 is 0 Å². The molecule has 3 aliphatic carbocycles. The first-order chi connectivity index (χ1) is 17.0. The average molecular weight is 476 g/mol. The number of hydroxylamine groups is 3. The minimum atomic E-state index is -0.747. The molecule has 2 heterocycles. The number of Topliss-reactive ketones (excluding diaryl/α,β-unsaturated/α-hetero) is 1. The van der Waals surface area contributed by atoms with Gasteiger partial charge in [0, 0.05) is 37.4 Å². The highest BCUT2D eigenvalue weighted by Crippen LogP contribution is 2.67. The first-order valence-electron chi connectivity index (χ1n) is 13.3. The van der Waals surface area contributed by atoms with Crippen LogP contribution >= 0.6 is 0 Å². The SMILES string of the molecule is O=C1CC[C@@]2(OCCCc3ccccc3)[C@H]3Cc4ccc(O)c5c4[C@@]2(CC[N+]3([O-])CC2CC2)[C@H]1O5. The number of benzene rings is 2. The summed E-state index contributed by atoms with van der Waals surface area (Å²) in [6.07, 6.45) is 5.48. The number of aryl methyl sites for hydroxylation is 1. The van der Waals surface area contributed by atoms with E-state index in [9.17, 15) is 15.1 Å². The quantitative estimate of drug-likeness (QED) is 0.369. The summed E-state index contributed by atoms with van der Waals surface area (Å²) in [5.41, 5.74) is 1.85. The number of likely N-dealkylation sites (tertiary alicyclic amines) is 1. The summed E-state index contributed by atoms with van der Waals surface area (Å²) in [5.74, 6) is 1.12. The molecule has 2 saturated carbocycles. The summed E-state index contributed by atoms with van der Waals surface area (Å²) in [4.78, 5) is 13.3. The lowest BCUT2D eigenvalue weighted by molar-refractivity contribution is -0.924. The molecule has 7 rings (SSSR count). The van der Waals surface area contributed by atoms with Crippen molar-refractivity contribution in [3.05, 3.63) is 64.4 Å². The Morgan fingerprint density at radius 2 is 1.97 bits per heavy atom.